The highest BCUT2D eigenvalue weighted by molar-refractivity contribution is 5.92. The monoisotopic (exact) mass is 444 g/mol. The molecule has 2 fully saturated rings. The van der Waals surface area contributed by atoms with Crippen molar-refractivity contribution in [2.45, 2.75) is 32.7 Å². The maximum absolute atomic E-state index is 12.8. The molecule has 33 heavy (non-hydrogen) atoms. The number of Topliss-reactive ketones (excluding diaryl/α,β-unsaturated/α-hetero) is 1. The van der Waals surface area contributed by atoms with E-state index in [2.05, 4.69) is 44.2 Å². The average molecular weight is 445 g/mol. The minimum Gasteiger partial charge on any atom is -0.323 e. The van der Waals surface area contributed by atoms with E-state index < -0.39 is 0 Å². The van der Waals surface area contributed by atoms with Crippen LogP contribution in [0.3, 0.4) is 0 Å². The normalized spacial score (nSPS) is 18.0. The van der Waals surface area contributed by atoms with Crippen LogP contribution in [0.1, 0.15) is 42.2 Å². The molecular formula is C25H28N6O2. The molecule has 0 unspecified atom stereocenters. The average Bonchev–Trinajstić information content (AvgIpc) is 3.48. The molecule has 2 aliphatic heterocycles. The van der Waals surface area contributed by atoms with Gasteiger partial charge in [0.25, 0.3) is 0 Å². The van der Waals surface area contributed by atoms with Crippen LogP contribution >= 0.6 is 0 Å². The van der Waals surface area contributed by atoms with Gasteiger partial charge in [0.2, 0.25) is 0 Å². The van der Waals surface area contributed by atoms with Crippen LogP contribution in [-0.2, 0) is 6.54 Å². The van der Waals surface area contributed by atoms with E-state index in [0.29, 0.717) is 5.69 Å². The lowest BCUT2D eigenvalue weighted by Crippen LogP contribution is -2.45. The number of ketones is 1. The molecule has 3 aromatic rings. The van der Waals surface area contributed by atoms with Crippen LogP contribution in [0.5, 0.6) is 0 Å². The van der Waals surface area contributed by atoms with E-state index in [1.807, 2.05) is 17.3 Å². The van der Waals surface area contributed by atoms with E-state index in [1.165, 1.54) is 17.2 Å². The zero-order chi connectivity index (χ0) is 22.8. The van der Waals surface area contributed by atoms with Crippen molar-refractivity contribution < 1.29 is 9.59 Å². The van der Waals surface area contributed by atoms with Gasteiger partial charge in [0, 0.05) is 57.3 Å². The maximum Gasteiger partial charge on any atom is 0.344 e. The smallest absolute Gasteiger partial charge is 0.323 e. The van der Waals surface area contributed by atoms with Gasteiger partial charge in [0.05, 0.1) is 0 Å². The van der Waals surface area contributed by atoms with Gasteiger partial charge in [-0.15, -0.1) is 0 Å². The second-order valence-corrected chi connectivity index (χ2v) is 9.26. The first-order valence-electron chi connectivity index (χ1n) is 11.4. The molecule has 1 spiro atoms. The molecule has 2 saturated heterocycles. The molecular weight excluding hydrogens is 416 g/mol. The molecule has 2 aromatic heterocycles. The van der Waals surface area contributed by atoms with Gasteiger partial charge >= 0.3 is 6.03 Å². The number of rotatable bonds is 4. The van der Waals surface area contributed by atoms with Crippen LogP contribution in [0.15, 0.2) is 55.2 Å². The first-order valence-corrected chi connectivity index (χ1v) is 11.4. The third kappa shape index (κ3) is 4.57. The summed E-state index contributed by atoms with van der Waals surface area (Å²) in [6, 6.07) is 10.1. The predicted molar refractivity (Wildman–Crippen MR) is 124 cm³/mol. The van der Waals surface area contributed by atoms with Gasteiger partial charge in [-0.2, -0.15) is 9.78 Å². The molecule has 0 radical (unpaired) electrons. The van der Waals surface area contributed by atoms with Crippen LogP contribution in [0.25, 0.3) is 11.1 Å². The standard InChI is InChI=1S/C25H28N6O2/c1-19(32)23-5-9-31(28-23)24(33)30-11-7-25(8-12-30)6-10-29(17-25)16-20-3-2-4-21(13-20)22-14-26-18-27-15-22/h2-5,9,13-15,18H,6-8,10-12,16-17H2,1H3. The Kier molecular flexibility index (Phi) is 5.76. The Bertz CT molecular complexity index is 1150. The van der Waals surface area contributed by atoms with Crippen molar-refractivity contribution in [3.05, 3.63) is 66.5 Å². The summed E-state index contributed by atoms with van der Waals surface area (Å²) < 4.78 is 1.29. The molecule has 0 N–H and O–H groups in total. The van der Waals surface area contributed by atoms with Gasteiger partial charge in [-0.1, -0.05) is 18.2 Å². The SMILES string of the molecule is CC(=O)c1ccn(C(=O)N2CCC3(CCN(Cc4cccc(-c5cncnc5)c4)C3)CC2)n1. The van der Waals surface area contributed by atoms with Gasteiger partial charge in [0.1, 0.15) is 12.0 Å². The molecule has 0 saturated carbocycles. The second-order valence-electron chi connectivity index (χ2n) is 9.26. The second kappa shape index (κ2) is 8.86. The third-order valence-corrected chi connectivity index (χ3v) is 6.98. The quantitative estimate of drug-likeness (QED) is 0.573. The number of amides is 1. The summed E-state index contributed by atoms with van der Waals surface area (Å²) in [5, 5.41) is 4.12. The number of hydrogen-bond acceptors (Lipinski definition) is 6. The summed E-state index contributed by atoms with van der Waals surface area (Å²) in [5.74, 6) is -0.132. The summed E-state index contributed by atoms with van der Waals surface area (Å²) in [4.78, 5) is 36.9. The topological polar surface area (TPSA) is 84.2 Å². The molecule has 1 aromatic carbocycles. The Morgan fingerprint density at radius 1 is 1.00 bits per heavy atom. The van der Waals surface area contributed by atoms with Crippen molar-refractivity contribution in [2.24, 2.45) is 5.41 Å². The number of hydrogen-bond donors (Lipinski definition) is 0. The first kappa shape index (κ1) is 21.5. The van der Waals surface area contributed by atoms with Crippen LogP contribution < -0.4 is 0 Å². The summed E-state index contributed by atoms with van der Waals surface area (Å²) in [7, 11) is 0. The highest BCUT2D eigenvalue weighted by Gasteiger charge is 2.41. The van der Waals surface area contributed by atoms with Crippen molar-refractivity contribution >= 4 is 11.8 Å². The highest BCUT2D eigenvalue weighted by Crippen LogP contribution is 2.41. The lowest BCUT2D eigenvalue weighted by atomic mass is 9.78. The van der Waals surface area contributed by atoms with Crippen molar-refractivity contribution in [3.63, 3.8) is 0 Å². The molecule has 1 amide bonds. The van der Waals surface area contributed by atoms with E-state index in [9.17, 15) is 9.59 Å². The molecule has 170 valence electrons. The van der Waals surface area contributed by atoms with Crippen molar-refractivity contribution in [3.8, 4) is 11.1 Å². The van der Waals surface area contributed by atoms with E-state index in [0.717, 1.165) is 63.1 Å². The van der Waals surface area contributed by atoms with Gasteiger partial charge in [-0.25, -0.2) is 14.8 Å². The summed E-state index contributed by atoms with van der Waals surface area (Å²) >= 11 is 0. The summed E-state index contributed by atoms with van der Waals surface area (Å²) in [6.45, 7) is 5.97. The Balaban J connectivity index is 1.18. The van der Waals surface area contributed by atoms with Gasteiger partial charge in [-0.05, 0) is 54.5 Å². The fraction of sp³-hybridized carbons (Fsp3) is 0.400. The van der Waals surface area contributed by atoms with Crippen molar-refractivity contribution in [1.82, 2.24) is 29.5 Å². The minimum absolute atomic E-state index is 0.132. The van der Waals surface area contributed by atoms with E-state index in [-0.39, 0.29) is 17.2 Å². The highest BCUT2D eigenvalue weighted by atomic mass is 16.2. The molecule has 8 heteroatoms. The number of benzene rings is 1. The Hall–Kier alpha value is -3.39. The van der Waals surface area contributed by atoms with E-state index >= 15 is 0 Å². The lowest BCUT2D eigenvalue weighted by Gasteiger charge is -2.39. The number of aromatic nitrogens is 4. The maximum atomic E-state index is 12.8. The molecule has 2 aliphatic rings. The molecule has 5 rings (SSSR count). The first-order chi connectivity index (χ1) is 16.0. The van der Waals surface area contributed by atoms with E-state index in [4.69, 9.17) is 0 Å². The summed E-state index contributed by atoms with van der Waals surface area (Å²) in [5.41, 5.74) is 4.06. The molecule has 8 nitrogen and oxygen atoms in total. The van der Waals surface area contributed by atoms with Gasteiger partial charge in [-0.3, -0.25) is 9.69 Å². The molecule has 0 bridgehead atoms. The van der Waals surface area contributed by atoms with Crippen LogP contribution in [0.4, 0.5) is 4.79 Å². The zero-order valence-electron chi connectivity index (χ0n) is 18.9. The lowest BCUT2D eigenvalue weighted by molar-refractivity contribution is 0.101. The van der Waals surface area contributed by atoms with Crippen LogP contribution in [-0.4, -0.2) is 67.5 Å². The van der Waals surface area contributed by atoms with Crippen LogP contribution in [0, 0.1) is 5.41 Å². The van der Waals surface area contributed by atoms with Crippen LogP contribution in [0.2, 0.25) is 0 Å². The largest absolute Gasteiger partial charge is 0.344 e. The Morgan fingerprint density at radius 2 is 1.76 bits per heavy atom. The third-order valence-electron chi connectivity index (χ3n) is 6.98. The number of likely N-dealkylation sites (tertiary alicyclic amines) is 2. The van der Waals surface area contributed by atoms with Gasteiger partial charge in [0.15, 0.2) is 5.78 Å². The molecule has 4 heterocycles. The zero-order valence-corrected chi connectivity index (χ0v) is 18.9. The van der Waals surface area contributed by atoms with Gasteiger partial charge < -0.3 is 4.90 Å². The fourth-order valence-corrected chi connectivity index (χ4v) is 5.06. The molecule has 0 aliphatic carbocycles. The van der Waals surface area contributed by atoms with Crippen molar-refractivity contribution in [2.75, 3.05) is 26.2 Å². The number of carbonyl (C=O) groups excluding carboxylic acids is 2. The fourth-order valence-electron chi connectivity index (χ4n) is 5.06. The number of piperidine rings is 1. The Morgan fingerprint density at radius 3 is 2.48 bits per heavy atom. The van der Waals surface area contributed by atoms with Crippen molar-refractivity contribution in [1.29, 1.82) is 0 Å². The Labute approximate surface area is 193 Å². The number of nitrogens with zero attached hydrogens (tertiary/aromatic N) is 6. The molecule has 0 atom stereocenters. The minimum atomic E-state index is -0.145. The number of carbonyl (C=O) groups is 2. The van der Waals surface area contributed by atoms with E-state index in [1.54, 1.807) is 18.6 Å². The summed E-state index contributed by atoms with van der Waals surface area (Å²) in [6.07, 6.45) is 9.98. The predicted octanol–water partition coefficient (Wildman–Crippen LogP) is 3.50.